The van der Waals surface area contributed by atoms with Crippen molar-refractivity contribution in [2.75, 3.05) is 13.6 Å². The molecular formula is C10H12N2O2. The van der Waals surface area contributed by atoms with Gasteiger partial charge in [0.05, 0.1) is 12.6 Å². The van der Waals surface area contributed by atoms with Gasteiger partial charge in [-0.25, -0.2) is 0 Å². The van der Waals surface area contributed by atoms with Crippen molar-refractivity contribution in [1.29, 1.82) is 5.26 Å². The van der Waals surface area contributed by atoms with E-state index < -0.39 is 0 Å². The number of carbonyl (C=O) groups is 1. The van der Waals surface area contributed by atoms with Crippen LogP contribution in [0.25, 0.3) is 0 Å². The molecule has 74 valence electrons. The molecule has 1 heterocycles. The normalized spacial score (nSPS) is 10.1. The number of carbonyl (C=O) groups excluding carboxylic acids is 1. The number of nitriles is 1. The molecule has 0 bridgehead atoms. The van der Waals surface area contributed by atoms with Gasteiger partial charge in [-0.05, 0) is 19.2 Å². The summed E-state index contributed by atoms with van der Waals surface area (Å²) >= 11 is 0. The highest BCUT2D eigenvalue weighted by Gasteiger charge is 2.04. The first kappa shape index (κ1) is 10.5. The Bertz CT molecular complexity index is 338. The summed E-state index contributed by atoms with van der Waals surface area (Å²) in [5.41, 5.74) is 0. The molecule has 1 aromatic rings. The first-order chi connectivity index (χ1) is 6.76. The maximum absolute atomic E-state index is 10.3. The minimum absolute atomic E-state index is 0.341. The van der Waals surface area contributed by atoms with E-state index in [-0.39, 0.29) is 0 Å². The fourth-order valence-electron chi connectivity index (χ4n) is 1.13. The third-order valence-electron chi connectivity index (χ3n) is 1.83. The van der Waals surface area contributed by atoms with Gasteiger partial charge in [-0.15, -0.1) is 0 Å². The maximum atomic E-state index is 10.3. The predicted molar refractivity (Wildman–Crippen MR) is 50.7 cm³/mol. The van der Waals surface area contributed by atoms with Gasteiger partial charge in [0.2, 0.25) is 0 Å². The number of aldehydes is 1. The summed E-state index contributed by atoms with van der Waals surface area (Å²) in [5, 5.41) is 8.38. The molecule has 0 atom stereocenters. The average molecular weight is 192 g/mol. The number of hydrogen-bond donors (Lipinski definition) is 0. The van der Waals surface area contributed by atoms with Crippen molar-refractivity contribution < 1.29 is 9.21 Å². The number of rotatable bonds is 5. The van der Waals surface area contributed by atoms with Crippen molar-refractivity contribution in [1.82, 2.24) is 4.90 Å². The van der Waals surface area contributed by atoms with E-state index in [0.29, 0.717) is 31.6 Å². The summed E-state index contributed by atoms with van der Waals surface area (Å²) in [4.78, 5) is 12.3. The Morgan fingerprint density at radius 2 is 2.43 bits per heavy atom. The van der Waals surface area contributed by atoms with Crippen molar-refractivity contribution in [3.63, 3.8) is 0 Å². The van der Waals surface area contributed by atoms with Gasteiger partial charge in [0, 0.05) is 13.0 Å². The Morgan fingerprint density at radius 1 is 1.64 bits per heavy atom. The second kappa shape index (κ2) is 5.20. The molecule has 0 fully saturated rings. The third kappa shape index (κ3) is 3.04. The van der Waals surface area contributed by atoms with Gasteiger partial charge >= 0.3 is 0 Å². The first-order valence-electron chi connectivity index (χ1n) is 4.35. The molecule has 0 saturated carbocycles. The lowest BCUT2D eigenvalue weighted by Gasteiger charge is -2.11. The molecule has 1 rings (SSSR count). The molecule has 0 aliphatic rings. The van der Waals surface area contributed by atoms with E-state index in [1.807, 2.05) is 11.9 Å². The van der Waals surface area contributed by atoms with Crippen LogP contribution in [-0.2, 0) is 6.54 Å². The molecule has 0 aromatic carbocycles. The molecule has 0 amide bonds. The molecule has 14 heavy (non-hydrogen) atoms. The van der Waals surface area contributed by atoms with Gasteiger partial charge in [-0.1, -0.05) is 0 Å². The lowest BCUT2D eigenvalue weighted by atomic mass is 10.3. The van der Waals surface area contributed by atoms with Crippen LogP contribution in [0.2, 0.25) is 0 Å². The molecule has 4 nitrogen and oxygen atoms in total. The summed E-state index contributed by atoms with van der Waals surface area (Å²) < 4.78 is 5.19. The van der Waals surface area contributed by atoms with Crippen molar-refractivity contribution >= 4 is 6.29 Å². The Morgan fingerprint density at radius 3 is 3.00 bits per heavy atom. The molecule has 0 spiro atoms. The van der Waals surface area contributed by atoms with E-state index in [4.69, 9.17) is 9.68 Å². The second-order valence-corrected chi connectivity index (χ2v) is 3.07. The minimum Gasteiger partial charge on any atom is -0.457 e. The van der Waals surface area contributed by atoms with E-state index >= 15 is 0 Å². The fraction of sp³-hybridized carbons (Fsp3) is 0.400. The summed E-state index contributed by atoms with van der Waals surface area (Å²) in [7, 11) is 1.90. The summed E-state index contributed by atoms with van der Waals surface area (Å²) in [6, 6.07) is 5.48. The highest BCUT2D eigenvalue weighted by Crippen LogP contribution is 2.07. The van der Waals surface area contributed by atoms with Crippen LogP contribution >= 0.6 is 0 Å². The molecule has 1 aromatic heterocycles. The Labute approximate surface area is 82.7 Å². The van der Waals surface area contributed by atoms with E-state index in [9.17, 15) is 4.79 Å². The monoisotopic (exact) mass is 192 g/mol. The van der Waals surface area contributed by atoms with Crippen LogP contribution in [0, 0.1) is 11.3 Å². The quantitative estimate of drug-likeness (QED) is 0.662. The van der Waals surface area contributed by atoms with Gasteiger partial charge in [-0.2, -0.15) is 5.26 Å². The first-order valence-corrected chi connectivity index (χ1v) is 4.35. The van der Waals surface area contributed by atoms with Crippen LogP contribution in [0.5, 0.6) is 0 Å². The van der Waals surface area contributed by atoms with Crippen LogP contribution in [0.4, 0.5) is 0 Å². The van der Waals surface area contributed by atoms with E-state index in [1.165, 1.54) is 0 Å². The van der Waals surface area contributed by atoms with E-state index in [0.717, 1.165) is 5.76 Å². The maximum Gasteiger partial charge on any atom is 0.185 e. The standard InChI is InChI=1S/C10H12N2O2/c1-12(6-2-5-11)7-9-3-4-10(8-13)14-9/h3-4,8H,2,6-7H2,1H3. The number of nitrogens with zero attached hydrogens (tertiary/aromatic N) is 2. The Hall–Kier alpha value is -1.60. The molecule has 0 unspecified atom stereocenters. The van der Waals surface area contributed by atoms with Crippen LogP contribution in [-0.4, -0.2) is 24.8 Å². The number of hydrogen-bond acceptors (Lipinski definition) is 4. The van der Waals surface area contributed by atoms with Crippen molar-refractivity contribution in [2.45, 2.75) is 13.0 Å². The van der Waals surface area contributed by atoms with Gasteiger partial charge in [-0.3, -0.25) is 9.69 Å². The lowest BCUT2D eigenvalue weighted by molar-refractivity contribution is 0.109. The van der Waals surface area contributed by atoms with Crippen molar-refractivity contribution in [2.24, 2.45) is 0 Å². The van der Waals surface area contributed by atoms with Gasteiger partial charge in [0.15, 0.2) is 12.0 Å². The lowest BCUT2D eigenvalue weighted by Crippen LogP contribution is -2.18. The molecule has 0 saturated heterocycles. The predicted octanol–water partition coefficient (Wildman–Crippen LogP) is 1.44. The number of furan rings is 1. The van der Waals surface area contributed by atoms with Crippen LogP contribution in [0.3, 0.4) is 0 Å². The molecular weight excluding hydrogens is 180 g/mol. The third-order valence-corrected chi connectivity index (χ3v) is 1.83. The summed E-state index contributed by atoms with van der Waals surface area (Å²) in [5.74, 6) is 1.08. The van der Waals surface area contributed by atoms with Crippen LogP contribution in [0.15, 0.2) is 16.5 Å². The molecule has 0 N–H and O–H groups in total. The zero-order chi connectivity index (χ0) is 10.4. The zero-order valence-electron chi connectivity index (χ0n) is 8.06. The molecule has 0 radical (unpaired) electrons. The Kier molecular flexibility index (Phi) is 3.89. The molecule has 0 aliphatic heterocycles. The van der Waals surface area contributed by atoms with Crippen molar-refractivity contribution in [3.8, 4) is 6.07 Å². The minimum atomic E-state index is 0.341. The summed E-state index contributed by atoms with van der Waals surface area (Å²) in [6.07, 6.45) is 1.18. The Balaban J connectivity index is 2.44. The van der Waals surface area contributed by atoms with Crippen molar-refractivity contribution in [3.05, 3.63) is 23.7 Å². The fourth-order valence-corrected chi connectivity index (χ4v) is 1.13. The zero-order valence-corrected chi connectivity index (χ0v) is 8.06. The second-order valence-electron chi connectivity index (χ2n) is 3.07. The van der Waals surface area contributed by atoms with E-state index in [2.05, 4.69) is 6.07 Å². The SMILES string of the molecule is CN(CCC#N)Cc1ccc(C=O)o1. The highest BCUT2D eigenvalue weighted by molar-refractivity contribution is 5.70. The van der Waals surface area contributed by atoms with Gasteiger partial charge in [0.1, 0.15) is 5.76 Å². The largest absolute Gasteiger partial charge is 0.457 e. The van der Waals surface area contributed by atoms with Crippen LogP contribution < -0.4 is 0 Å². The highest BCUT2D eigenvalue weighted by atomic mass is 16.3. The summed E-state index contributed by atoms with van der Waals surface area (Å²) in [6.45, 7) is 1.32. The topological polar surface area (TPSA) is 57.2 Å². The molecule has 0 aliphatic carbocycles. The average Bonchev–Trinajstić information content (AvgIpc) is 2.62. The smallest absolute Gasteiger partial charge is 0.185 e. The van der Waals surface area contributed by atoms with E-state index in [1.54, 1.807) is 12.1 Å². The van der Waals surface area contributed by atoms with Gasteiger partial charge < -0.3 is 4.42 Å². The molecule has 4 heteroatoms. The van der Waals surface area contributed by atoms with Gasteiger partial charge in [0.25, 0.3) is 0 Å². The van der Waals surface area contributed by atoms with Crippen LogP contribution in [0.1, 0.15) is 22.7 Å².